The Bertz CT molecular complexity index is 291. The number of likely N-dealkylation sites (tertiary alicyclic amines) is 1. The average molecular weight is 302 g/mol. The predicted octanol–water partition coefficient (Wildman–Crippen LogP) is 1.73. The van der Waals surface area contributed by atoms with Gasteiger partial charge in [0.2, 0.25) is 5.91 Å². The molecular formula is C15H30N2O2S. The Morgan fingerprint density at radius 3 is 2.45 bits per heavy atom. The van der Waals surface area contributed by atoms with Crippen LogP contribution in [0.3, 0.4) is 0 Å². The molecule has 1 aliphatic rings. The fraction of sp³-hybridized carbons (Fsp3) is 0.933. The molecule has 0 aromatic heterocycles. The lowest BCUT2D eigenvalue weighted by atomic mass is 9.93. The first-order valence-electron chi connectivity index (χ1n) is 7.53. The molecule has 0 radical (unpaired) electrons. The summed E-state index contributed by atoms with van der Waals surface area (Å²) >= 11 is 1.81. The van der Waals surface area contributed by atoms with Crippen LogP contribution in [0.2, 0.25) is 0 Å². The summed E-state index contributed by atoms with van der Waals surface area (Å²) in [5, 5.41) is 12.7. The minimum absolute atomic E-state index is 0.236. The maximum Gasteiger partial charge on any atom is 0.227 e. The number of carbonyl (C=O) groups excluding carboxylic acids is 1. The second-order valence-corrected chi connectivity index (χ2v) is 7.56. The number of carbonyl (C=O) groups is 1. The van der Waals surface area contributed by atoms with Crippen LogP contribution < -0.4 is 5.32 Å². The summed E-state index contributed by atoms with van der Waals surface area (Å²) in [6.07, 6.45) is 4.93. The molecule has 118 valence electrons. The number of aliphatic hydroxyl groups excluding tert-OH is 1. The standard InChI is InChI=1S/C15H30N2O2S/c1-15(2,3)14(19)17-8-5-12(6-9-17)16-13(7-10-18)11-20-4/h12-13,16,18H,5-11H2,1-4H3. The van der Waals surface area contributed by atoms with Crippen LogP contribution in [0.4, 0.5) is 0 Å². The van der Waals surface area contributed by atoms with Crippen LogP contribution in [-0.2, 0) is 4.79 Å². The maximum absolute atomic E-state index is 12.2. The van der Waals surface area contributed by atoms with E-state index in [-0.39, 0.29) is 17.9 Å². The molecule has 1 saturated heterocycles. The number of hydrogen-bond acceptors (Lipinski definition) is 4. The number of thioether (sulfide) groups is 1. The van der Waals surface area contributed by atoms with Crippen LogP contribution >= 0.6 is 11.8 Å². The van der Waals surface area contributed by atoms with Crippen molar-refractivity contribution in [2.45, 2.75) is 52.1 Å². The zero-order valence-corrected chi connectivity index (χ0v) is 14.1. The normalized spacial score (nSPS) is 19.1. The third-order valence-electron chi connectivity index (χ3n) is 3.74. The third-order valence-corrected chi connectivity index (χ3v) is 4.48. The third kappa shape index (κ3) is 5.62. The molecule has 1 heterocycles. The molecule has 1 unspecified atom stereocenters. The summed E-state index contributed by atoms with van der Waals surface area (Å²) in [7, 11) is 0. The van der Waals surface area contributed by atoms with E-state index in [4.69, 9.17) is 5.11 Å². The van der Waals surface area contributed by atoms with Gasteiger partial charge in [-0.15, -0.1) is 0 Å². The minimum Gasteiger partial charge on any atom is -0.396 e. The summed E-state index contributed by atoms with van der Waals surface area (Å²) in [6.45, 7) is 7.87. The highest BCUT2D eigenvalue weighted by Gasteiger charge is 2.30. The van der Waals surface area contributed by atoms with Crippen LogP contribution in [0.25, 0.3) is 0 Å². The zero-order valence-electron chi connectivity index (χ0n) is 13.3. The SMILES string of the molecule is CSCC(CCO)NC1CCN(C(=O)C(C)(C)C)CC1. The molecule has 0 saturated carbocycles. The van der Waals surface area contributed by atoms with E-state index in [9.17, 15) is 4.79 Å². The second-order valence-electron chi connectivity index (χ2n) is 6.65. The van der Waals surface area contributed by atoms with E-state index < -0.39 is 0 Å². The molecule has 2 N–H and O–H groups in total. The lowest BCUT2D eigenvalue weighted by Gasteiger charge is -2.37. The monoisotopic (exact) mass is 302 g/mol. The van der Waals surface area contributed by atoms with Gasteiger partial charge < -0.3 is 15.3 Å². The smallest absolute Gasteiger partial charge is 0.227 e. The van der Waals surface area contributed by atoms with Gasteiger partial charge in [0.15, 0.2) is 0 Å². The molecule has 1 rings (SSSR count). The molecule has 4 nitrogen and oxygen atoms in total. The van der Waals surface area contributed by atoms with Crippen molar-refractivity contribution in [3.63, 3.8) is 0 Å². The molecule has 0 aromatic carbocycles. The van der Waals surface area contributed by atoms with Crippen LogP contribution in [0.1, 0.15) is 40.0 Å². The molecule has 0 aromatic rings. The van der Waals surface area contributed by atoms with E-state index in [0.29, 0.717) is 12.1 Å². The summed E-state index contributed by atoms with van der Waals surface area (Å²) < 4.78 is 0. The van der Waals surface area contributed by atoms with Gasteiger partial charge in [0.05, 0.1) is 0 Å². The van der Waals surface area contributed by atoms with Gasteiger partial charge in [-0.1, -0.05) is 20.8 Å². The van der Waals surface area contributed by atoms with Crippen LogP contribution in [0.5, 0.6) is 0 Å². The van der Waals surface area contributed by atoms with E-state index in [1.807, 2.05) is 37.4 Å². The van der Waals surface area contributed by atoms with Crippen molar-refractivity contribution >= 4 is 17.7 Å². The Hall–Kier alpha value is -0.260. The first-order valence-corrected chi connectivity index (χ1v) is 8.93. The van der Waals surface area contributed by atoms with Crippen molar-refractivity contribution in [2.75, 3.05) is 31.7 Å². The first-order chi connectivity index (χ1) is 9.38. The Balaban J connectivity index is 2.40. The molecule has 1 atom stereocenters. The quantitative estimate of drug-likeness (QED) is 0.784. The van der Waals surface area contributed by atoms with Gasteiger partial charge in [0, 0.05) is 42.9 Å². The minimum atomic E-state index is -0.279. The van der Waals surface area contributed by atoms with Gasteiger partial charge in [-0.25, -0.2) is 0 Å². The largest absolute Gasteiger partial charge is 0.396 e. The molecule has 1 aliphatic heterocycles. The number of nitrogens with one attached hydrogen (secondary N) is 1. The predicted molar refractivity (Wildman–Crippen MR) is 86.1 cm³/mol. The van der Waals surface area contributed by atoms with Crippen molar-refractivity contribution in [1.29, 1.82) is 0 Å². The number of aliphatic hydroxyl groups is 1. The fourth-order valence-electron chi connectivity index (χ4n) is 2.63. The number of rotatable bonds is 6. The molecule has 0 aliphatic carbocycles. The Morgan fingerprint density at radius 2 is 2.00 bits per heavy atom. The molecule has 0 bridgehead atoms. The summed E-state index contributed by atoms with van der Waals surface area (Å²) in [5.74, 6) is 1.29. The summed E-state index contributed by atoms with van der Waals surface area (Å²) in [4.78, 5) is 14.2. The Morgan fingerprint density at radius 1 is 1.40 bits per heavy atom. The van der Waals surface area contributed by atoms with E-state index in [1.54, 1.807) is 0 Å². The number of nitrogens with zero attached hydrogens (tertiary/aromatic N) is 1. The number of hydrogen-bond donors (Lipinski definition) is 2. The van der Waals surface area contributed by atoms with Crippen molar-refractivity contribution in [3.05, 3.63) is 0 Å². The molecule has 0 spiro atoms. The summed E-state index contributed by atoms with van der Waals surface area (Å²) in [5.41, 5.74) is -0.279. The second kappa shape index (κ2) is 8.25. The Kier molecular flexibility index (Phi) is 7.34. The van der Waals surface area contributed by atoms with Gasteiger partial charge in [0.1, 0.15) is 0 Å². The lowest BCUT2D eigenvalue weighted by Crippen LogP contribution is -2.50. The highest BCUT2D eigenvalue weighted by atomic mass is 32.2. The topological polar surface area (TPSA) is 52.6 Å². The Labute approximate surface area is 127 Å². The number of amides is 1. The van der Waals surface area contributed by atoms with Crippen molar-refractivity contribution < 1.29 is 9.90 Å². The molecule has 5 heteroatoms. The molecule has 1 amide bonds. The van der Waals surface area contributed by atoms with Gasteiger partial charge in [-0.2, -0.15) is 11.8 Å². The van der Waals surface area contributed by atoms with Crippen molar-refractivity contribution in [2.24, 2.45) is 5.41 Å². The van der Waals surface area contributed by atoms with Gasteiger partial charge in [0.25, 0.3) is 0 Å². The summed E-state index contributed by atoms with van der Waals surface area (Å²) in [6, 6.07) is 0.854. The fourth-order valence-corrected chi connectivity index (χ4v) is 3.29. The van der Waals surface area contributed by atoms with E-state index in [0.717, 1.165) is 38.1 Å². The van der Waals surface area contributed by atoms with Crippen LogP contribution in [0.15, 0.2) is 0 Å². The van der Waals surface area contributed by atoms with Gasteiger partial charge in [-0.05, 0) is 25.5 Å². The van der Waals surface area contributed by atoms with E-state index >= 15 is 0 Å². The van der Waals surface area contributed by atoms with Gasteiger partial charge >= 0.3 is 0 Å². The van der Waals surface area contributed by atoms with Crippen molar-refractivity contribution in [1.82, 2.24) is 10.2 Å². The van der Waals surface area contributed by atoms with Crippen LogP contribution in [0, 0.1) is 5.41 Å². The van der Waals surface area contributed by atoms with Gasteiger partial charge in [-0.3, -0.25) is 4.79 Å². The van der Waals surface area contributed by atoms with E-state index in [2.05, 4.69) is 11.6 Å². The van der Waals surface area contributed by atoms with Crippen LogP contribution in [-0.4, -0.2) is 59.7 Å². The van der Waals surface area contributed by atoms with E-state index in [1.165, 1.54) is 0 Å². The number of piperidine rings is 1. The zero-order chi connectivity index (χ0) is 15.2. The lowest BCUT2D eigenvalue weighted by molar-refractivity contribution is -0.140. The average Bonchev–Trinajstić information content (AvgIpc) is 2.38. The molecular weight excluding hydrogens is 272 g/mol. The molecule has 20 heavy (non-hydrogen) atoms. The highest BCUT2D eigenvalue weighted by molar-refractivity contribution is 7.98. The first kappa shape index (κ1) is 17.8. The highest BCUT2D eigenvalue weighted by Crippen LogP contribution is 2.21. The molecule has 1 fully saturated rings. The maximum atomic E-state index is 12.2. The van der Waals surface area contributed by atoms with Crippen molar-refractivity contribution in [3.8, 4) is 0 Å².